The van der Waals surface area contributed by atoms with Crippen LogP contribution in [0.4, 0.5) is 17.6 Å². The van der Waals surface area contributed by atoms with E-state index in [9.17, 15) is 17.6 Å². The van der Waals surface area contributed by atoms with Gasteiger partial charge < -0.3 is 0 Å². The average Bonchev–Trinajstić information content (AvgIpc) is 2.19. The number of benzene rings is 1. The minimum absolute atomic E-state index is 0.679. The monoisotopic (exact) mass is 202 g/mol. The van der Waals surface area contributed by atoms with Gasteiger partial charge in [-0.15, -0.1) is 5.92 Å². The zero-order valence-corrected chi connectivity index (χ0v) is 7.51. The molecular formula is C10H6F4. The van der Waals surface area contributed by atoms with Crippen molar-refractivity contribution in [1.29, 1.82) is 0 Å². The molecule has 0 amide bonds. The predicted octanol–water partition coefficient (Wildman–Crippen LogP) is 2.92. The third-order valence-corrected chi connectivity index (χ3v) is 1.73. The first-order chi connectivity index (χ1) is 6.50. The van der Waals surface area contributed by atoms with Crippen molar-refractivity contribution >= 4 is 0 Å². The van der Waals surface area contributed by atoms with E-state index < -0.39 is 34.4 Å². The summed E-state index contributed by atoms with van der Waals surface area (Å²) in [6.07, 6.45) is 0. The van der Waals surface area contributed by atoms with Gasteiger partial charge in [-0.2, -0.15) is 0 Å². The Morgan fingerprint density at radius 2 is 1.29 bits per heavy atom. The first-order valence-corrected chi connectivity index (χ1v) is 3.76. The molecule has 14 heavy (non-hydrogen) atoms. The second-order valence-electron chi connectivity index (χ2n) is 2.63. The molecular weight excluding hydrogens is 196 g/mol. The third-order valence-electron chi connectivity index (χ3n) is 1.73. The maximum absolute atomic E-state index is 13.0. The van der Waals surface area contributed by atoms with Crippen molar-refractivity contribution in [2.75, 3.05) is 0 Å². The lowest BCUT2D eigenvalue weighted by molar-refractivity contribution is 0.442. The summed E-state index contributed by atoms with van der Waals surface area (Å²) in [6.45, 7) is 2.27. The summed E-state index contributed by atoms with van der Waals surface area (Å²) in [5.74, 6) is -1.55. The number of hydrogen-bond acceptors (Lipinski definition) is 0. The maximum atomic E-state index is 13.0. The van der Waals surface area contributed by atoms with Gasteiger partial charge in [-0.25, -0.2) is 17.6 Å². The molecule has 0 aliphatic rings. The van der Waals surface area contributed by atoms with Gasteiger partial charge in [-0.05, 0) is 13.8 Å². The Bertz CT molecular complexity index is 409. The molecule has 0 heterocycles. The van der Waals surface area contributed by atoms with Crippen molar-refractivity contribution in [2.45, 2.75) is 13.8 Å². The topological polar surface area (TPSA) is 0 Å². The van der Waals surface area contributed by atoms with Crippen molar-refractivity contribution in [3.05, 3.63) is 34.4 Å². The van der Waals surface area contributed by atoms with E-state index in [1.165, 1.54) is 6.92 Å². The van der Waals surface area contributed by atoms with Crippen LogP contribution in [-0.4, -0.2) is 0 Å². The van der Waals surface area contributed by atoms with Crippen molar-refractivity contribution in [3.63, 3.8) is 0 Å². The molecule has 1 aromatic carbocycles. The Kier molecular flexibility index (Phi) is 2.80. The lowest BCUT2D eigenvalue weighted by Gasteiger charge is -2.04. The van der Waals surface area contributed by atoms with Gasteiger partial charge in [0.05, 0.1) is 0 Å². The highest BCUT2D eigenvalue weighted by Gasteiger charge is 2.21. The molecule has 0 aliphatic carbocycles. The SMILES string of the molecule is CC#Cc1c(F)c(F)c(C)c(F)c1F. The van der Waals surface area contributed by atoms with Crippen molar-refractivity contribution < 1.29 is 17.6 Å². The Morgan fingerprint density at radius 1 is 0.857 bits per heavy atom. The van der Waals surface area contributed by atoms with Gasteiger partial charge in [0.2, 0.25) is 0 Å². The van der Waals surface area contributed by atoms with Crippen LogP contribution in [0.1, 0.15) is 18.1 Å². The predicted molar refractivity (Wildman–Crippen MR) is 43.6 cm³/mol. The van der Waals surface area contributed by atoms with E-state index in [-0.39, 0.29) is 0 Å². The summed E-state index contributed by atoms with van der Waals surface area (Å²) in [5, 5.41) is 0. The fourth-order valence-corrected chi connectivity index (χ4v) is 0.976. The smallest absolute Gasteiger partial charge is 0.177 e. The molecule has 0 aliphatic heterocycles. The van der Waals surface area contributed by atoms with Crippen LogP contribution in [0.15, 0.2) is 0 Å². The van der Waals surface area contributed by atoms with E-state index in [4.69, 9.17) is 0 Å². The van der Waals surface area contributed by atoms with Crippen LogP contribution < -0.4 is 0 Å². The van der Waals surface area contributed by atoms with E-state index in [0.29, 0.717) is 0 Å². The molecule has 4 heteroatoms. The molecule has 1 aromatic rings. The molecule has 0 radical (unpaired) electrons. The molecule has 0 nitrogen and oxygen atoms in total. The van der Waals surface area contributed by atoms with Gasteiger partial charge in [0.15, 0.2) is 23.3 Å². The van der Waals surface area contributed by atoms with Crippen molar-refractivity contribution in [1.82, 2.24) is 0 Å². The van der Waals surface area contributed by atoms with E-state index >= 15 is 0 Å². The highest BCUT2D eigenvalue weighted by Crippen LogP contribution is 2.22. The first-order valence-electron chi connectivity index (χ1n) is 3.76. The van der Waals surface area contributed by atoms with Gasteiger partial charge in [0.25, 0.3) is 0 Å². The van der Waals surface area contributed by atoms with Crippen LogP contribution in [0.3, 0.4) is 0 Å². The van der Waals surface area contributed by atoms with Gasteiger partial charge in [0, 0.05) is 5.56 Å². The Labute approximate surface area is 78.6 Å². The molecule has 0 spiro atoms. The van der Waals surface area contributed by atoms with E-state index in [0.717, 1.165) is 6.92 Å². The molecule has 0 atom stereocenters. The molecule has 0 saturated carbocycles. The van der Waals surface area contributed by atoms with Gasteiger partial charge >= 0.3 is 0 Å². The summed E-state index contributed by atoms with van der Waals surface area (Å²) >= 11 is 0. The summed E-state index contributed by atoms with van der Waals surface area (Å²) in [4.78, 5) is 0. The summed E-state index contributed by atoms with van der Waals surface area (Å²) in [6, 6.07) is 0. The third kappa shape index (κ3) is 1.46. The molecule has 0 fully saturated rings. The number of hydrogen-bond donors (Lipinski definition) is 0. The summed E-state index contributed by atoms with van der Waals surface area (Å²) in [5.41, 5.74) is -1.55. The second kappa shape index (κ2) is 3.70. The highest BCUT2D eigenvalue weighted by molar-refractivity contribution is 5.40. The van der Waals surface area contributed by atoms with Crippen LogP contribution in [0, 0.1) is 42.0 Å². The van der Waals surface area contributed by atoms with E-state index in [2.05, 4.69) is 5.92 Å². The molecule has 0 unspecified atom stereocenters. The quantitative estimate of drug-likeness (QED) is 0.344. The zero-order valence-electron chi connectivity index (χ0n) is 7.51. The normalized spacial score (nSPS) is 9.57. The zero-order chi connectivity index (χ0) is 10.9. The Morgan fingerprint density at radius 3 is 1.64 bits per heavy atom. The van der Waals surface area contributed by atoms with Crippen LogP contribution in [-0.2, 0) is 0 Å². The Hall–Kier alpha value is -1.50. The highest BCUT2D eigenvalue weighted by atomic mass is 19.2. The van der Waals surface area contributed by atoms with E-state index in [1.54, 1.807) is 0 Å². The number of halogens is 4. The van der Waals surface area contributed by atoms with Crippen LogP contribution in [0.25, 0.3) is 0 Å². The van der Waals surface area contributed by atoms with Gasteiger partial charge in [-0.3, -0.25) is 0 Å². The lowest BCUT2D eigenvalue weighted by atomic mass is 10.1. The summed E-state index contributed by atoms with van der Waals surface area (Å²) < 4.78 is 51.8. The van der Waals surface area contributed by atoms with Crippen LogP contribution in [0.2, 0.25) is 0 Å². The standard InChI is InChI=1S/C10H6F4/c1-3-4-6-9(13)7(11)5(2)8(12)10(6)14/h1-2H3. The largest absolute Gasteiger partial charge is 0.203 e. The molecule has 0 saturated heterocycles. The van der Waals surface area contributed by atoms with Crippen molar-refractivity contribution in [3.8, 4) is 11.8 Å². The first kappa shape index (κ1) is 10.6. The van der Waals surface area contributed by atoms with E-state index in [1.807, 2.05) is 5.92 Å². The van der Waals surface area contributed by atoms with Gasteiger partial charge in [-0.1, -0.05) is 5.92 Å². The van der Waals surface area contributed by atoms with Gasteiger partial charge in [0.1, 0.15) is 5.56 Å². The lowest BCUT2D eigenvalue weighted by Crippen LogP contribution is -2.03. The number of rotatable bonds is 0. The summed E-state index contributed by atoms with van der Waals surface area (Å²) in [7, 11) is 0. The van der Waals surface area contributed by atoms with Crippen LogP contribution >= 0.6 is 0 Å². The fourth-order valence-electron chi connectivity index (χ4n) is 0.976. The minimum Gasteiger partial charge on any atom is -0.203 e. The average molecular weight is 202 g/mol. The molecule has 74 valence electrons. The molecule has 0 bridgehead atoms. The van der Waals surface area contributed by atoms with Crippen molar-refractivity contribution in [2.24, 2.45) is 0 Å². The fraction of sp³-hybridized carbons (Fsp3) is 0.200. The van der Waals surface area contributed by atoms with Crippen LogP contribution in [0.5, 0.6) is 0 Å². The minimum atomic E-state index is -1.45. The second-order valence-corrected chi connectivity index (χ2v) is 2.63. The molecule has 1 rings (SSSR count). The Balaban J connectivity index is 3.65. The maximum Gasteiger partial charge on any atom is 0.177 e. The molecule has 0 N–H and O–H groups in total. The molecule has 0 aromatic heterocycles.